The van der Waals surface area contributed by atoms with Gasteiger partial charge in [0.2, 0.25) is 0 Å². The Morgan fingerprint density at radius 1 is 1.17 bits per heavy atom. The molecule has 0 atom stereocenters. The monoisotopic (exact) mass is 200 g/mol. The molecule has 0 heterocycles. The summed E-state index contributed by atoms with van der Waals surface area (Å²) < 4.78 is 0. The van der Waals surface area contributed by atoms with Gasteiger partial charge in [-0.2, -0.15) is 0 Å². The second kappa shape index (κ2) is 6.43. The Kier molecular flexibility index (Phi) is 7.74. The highest BCUT2D eigenvalue weighted by molar-refractivity contribution is 6.80. The first-order chi connectivity index (χ1) is 5.20. The maximum atomic E-state index is 3.69. The van der Waals surface area contributed by atoms with Crippen molar-refractivity contribution in [3.8, 4) is 0 Å². The van der Waals surface area contributed by atoms with Gasteiger partial charge < -0.3 is 0 Å². The van der Waals surface area contributed by atoms with Crippen molar-refractivity contribution in [3.63, 3.8) is 0 Å². The molecule has 0 rings (SSSR count). The zero-order valence-corrected chi connectivity index (χ0v) is 12.8. The van der Waals surface area contributed by atoms with Crippen molar-refractivity contribution in [3.05, 3.63) is 23.0 Å². The molecular weight excluding hydrogens is 176 g/mol. The van der Waals surface area contributed by atoms with E-state index in [1.807, 2.05) is 0 Å². The molecule has 0 unspecified atom stereocenters. The predicted molar refractivity (Wildman–Crippen MR) is 67.5 cm³/mol. The second-order valence-corrected chi connectivity index (χ2v) is 11.2. The van der Waals surface area contributed by atoms with Crippen molar-refractivity contribution in [2.24, 2.45) is 0 Å². The first-order valence-corrected chi connectivity index (χ1v) is 9.02. The highest BCUT2D eigenvalue weighted by Crippen LogP contribution is 1.98. The normalized spacial score (nSPS) is 9.83. The van der Waals surface area contributed by atoms with Crippen LogP contribution in [0.5, 0.6) is 0 Å². The zero-order valence-electron chi connectivity index (χ0n) is 9.78. The third kappa shape index (κ3) is 16.5. The van der Waals surface area contributed by atoms with Crippen LogP contribution in [-0.4, -0.2) is 18.3 Å². The summed E-state index contributed by atoms with van der Waals surface area (Å²) in [5.41, 5.74) is 3.56. The highest BCUT2D eigenvalue weighted by Gasteiger charge is 2.03. The fourth-order valence-corrected chi connectivity index (χ4v) is 0. The summed E-state index contributed by atoms with van der Waals surface area (Å²) in [4.78, 5) is 0. The fourth-order valence-electron chi connectivity index (χ4n) is 0. The third-order valence-electron chi connectivity index (χ3n) is 1.61. The van der Waals surface area contributed by atoms with Gasteiger partial charge in [0, 0.05) is 10.2 Å². The number of rotatable bonds is 1. The molecule has 0 aromatic rings. The first-order valence-electron chi connectivity index (χ1n) is 4.45. The molecule has 0 aliphatic rings. The molecule has 0 nitrogen and oxygen atoms in total. The van der Waals surface area contributed by atoms with E-state index in [2.05, 4.69) is 52.7 Å². The average Bonchev–Trinajstić information content (AvgIpc) is 1.87. The van der Waals surface area contributed by atoms with Crippen molar-refractivity contribution in [1.29, 1.82) is 0 Å². The molecule has 0 aromatic heterocycles. The molecule has 72 valence electrons. The molecule has 0 amide bonds. The topological polar surface area (TPSA) is 0 Å². The van der Waals surface area contributed by atoms with Crippen LogP contribution in [0.15, 0.2) is 23.0 Å². The van der Waals surface area contributed by atoms with Crippen LogP contribution in [0.4, 0.5) is 0 Å². The maximum Gasteiger partial charge on any atom is 0.0679 e. The SMILES string of the molecule is C=C[Si](C)(C)C.CC(C)=C(C)[SiH3]. The second-order valence-electron chi connectivity index (χ2n) is 4.57. The smallest absolute Gasteiger partial charge is 0.0679 e. The number of allylic oxidation sites excluding steroid dienone is 2. The molecule has 0 aromatic carbocycles. The van der Waals surface area contributed by atoms with E-state index in [1.54, 1.807) is 5.20 Å². The van der Waals surface area contributed by atoms with Crippen LogP contribution >= 0.6 is 0 Å². The van der Waals surface area contributed by atoms with Crippen LogP contribution in [-0.2, 0) is 0 Å². The molecule has 0 fully saturated rings. The lowest BCUT2D eigenvalue weighted by Gasteiger charge is -2.04. The van der Waals surface area contributed by atoms with Crippen LogP contribution < -0.4 is 0 Å². The van der Waals surface area contributed by atoms with E-state index in [4.69, 9.17) is 0 Å². The predicted octanol–water partition coefficient (Wildman–Crippen LogP) is 2.72. The highest BCUT2D eigenvalue weighted by atomic mass is 28.3. The summed E-state index contributed by atoms with van der Waals surface area (Å²) in [7, 11) is 0.366. The molecule has 0 saturated heterocycles. The Labute approximate surface area is 82.2 Å². The van der Waals surface area contributed by atoms with E-state index in [1.165, 1.54) is 15.8 Å². The summed E-state index contributed by atoms with van der Waals surface area (Å²) in [6.45, 7) is 17.0. The summed E-state index contributed by atoms with van der Waals surface area (Å²) >= 11 is 0. The Balaban J connectivity index is 0. The Hall–Kier alpha value is -0.0862. The van der Waals surface area contributed by atoms with Gasteiger partial charge in [0.15, 0.2) is 0 Å². The summed E-state index contributed by atoms with van der Waals surface area (Å²) in [6.07, 6.45) is 0. The minimum absolute atomic E-state index is 0.867. The largest absolute Gasteiger partial charge is 0.107 e. The molecule has 0 aliphatic heterocycles. The molecular formula is C10H24Si2. The van der Waals surface area contributed by atoms with Crippen molar-refractivity contribution >= 4 is 18.3 Å². The van der Waals surface area contributed by atoms with Gasteiger partial charge >= 0.3 is 0 Å². The lowest BCUT2D eigenvalue weighted by molar-refractivity contribution is 1.34. The number of hydrogen-bond donors (Lipinski definition) is 0. The molecule has 2 heteroatoms. The van der Waals surface area contributed by atoms with E-state index >= 15 is 0 Å². The lowest BCUT2D eigenvalue weighted by Crippen LogP contribution is -2.14. The van der Waals surface area contributed by atoms with Gasteiger partial charge in [-0.15, -0.1) is 12.3 Å². The standard InChI is InChI=1S/2C5H12Si/c1-5-6(2,3)4;1-4(2)5(3)6/h5H,1H2,2-4H3;1-3,6H3. The average molecular weight is 200 g/mol. The quantitative estimate of drug-likeness (QED) is 0.571. The molecule has 0 saturated carbocycles. The third-order valence-corrected chi connectivity index (χ3v) is 3.84. The minimum Gasteiger partial charge on any atom is -0.107 e. The summed E-state index contributed by atoms with van der Waals surface area (Å²) in [6, 6.07) is 0. The van der Waals surface area contributed by atoms with Gasteiger partial charge in [-0.1, -0.05) is 30.4 Å². The summed E-state index contributed by atoms with van der Waals surface area (Å²) in [5, 5.41) is 1.56. The minimum atomic E-state index is -0.867. The van der Waals surface area contributed by atoms with Crippen molar-refractivity contribution in [1.82, 2.24) is 0 Å². The van der Waals surface area contributed by atoms with Gasteiger partial charge in [-0.3, -0.25) is 0 Å². The van der Waals surface area contributed by atoms with E-state index in [-0.39, 0.29) is 0 Å². The van der Waals surface area contributed by atoms with Gasteiger partial charge in [0.1, 0.15) is 0 Å². The van der Waals surface area contributed by atoms with Crippen LogP contribution in [0.2, 0.25) is 19.6 Å². The Bertz CT molecular complexity index is 143. The van der Waals surface area contributed by atoms with Crippen LogP contribution in [0.25, 0.3) is 0 Å². The Morgan fingerprint density at radius 3 is 1.33 bits per heavy atom. The summed E-state index contributed by atoms with van der Waals surface area (Å²) in [5.74, 6) is 0. The van der Waals surface area contributed by atoms with Gasteiger partial charge in [0.05, 0.1) is 8.07 Å². The van der Waals surface area contributed by atoms with E-state index in [0.29, 0.717) is 0 Å². The fraction of sp³-hybridized carbons (Fsp3) is 0.600. The van der Waals surface area contributed by atoms with E-state index in [9.17, 15) is 0 Å². The van der Waals surface area contributed by atoms with Crippen molar-refractivity contribution in [2.75, 3.05) is 0 Å². The molecule has 0 spiro atoms. The molecule has 0 N–H and O–H groups in total. The van der Waals surface area contributed by atoms with E-state index in [0.717, 1.165) is 0 Å². The van der Waals surface area contributed by atoms with Crippen molar-refractivity contribution in [2.45, 2.75) is 40.4 Å². The van der Waals surface area contributed by atoms with Gasteiger partial charge in [0.25, 0.3) is 0 Å². The lowest BCUT2D eigenvalue weighted by atomic mass is 10.3. The zero-order chi connectivity index (χ0) is 10.4. The van der Waals surface area contributed by atoms with Gasteiger partial charge in [-0.25, -0.2) is 0 Å². The van der Waals surface area contributed by atoms with Crippen LogP contribution in [0.3, 0.4) is 0 Å². The molecule has 0 aliphatic carbocycles. The van der Waals surface area contributed by atoms with E-state index < -0.39 is 8.07 Å². The van der Waals surface area contributed by atoms with Crippen molar-refractivity contribution < 1.29 is 0 Å². The van der Waals surface area contributed by atoms with Gasteiger partial charge in [-0.05, 0) is 20.8 Å². The van der Waals surface area contributed by atoms with Crippen LogP contribution in [0.1, 0.15) is 20.8 Å². The molecule has 0 radical (unpaired) electrons. The Morgan fingerprint density at radius 2 is 1.33 bits per heavy atom. The molecule has 12 heavy (non-hydrogen) atoms. The number of hydrogen-bond acceptors (Lipinski definition) is 0. The molecule has 0 bridgehead atoms. The maximum absolute atomic E-state index is 3.69. The van der Waals surface area contributed by atoms with Crippen LogP contribution in [0, 0.1) is 0 Å². The first kappa shape index (κ1) is 14.4.